The Balaban J connectivity index is 1.84. The number of carbonyl (C=O) groups is 1. The van der Waals surface area contributed by atoms with Crippen molar-refractivity contribution in [2.45, 2.75) is 25.0 Å². The second-order valence-corrected chi connectivity index (χ2v) is 6.84. The number of hydrogen-bond acceptors (Lipinski definition) is 5. The summed E-state index contributed by atoms with van der Waals surface area (Å²) >= 11 is 1.52. The molecule has 0 spiro atoms. The van der Waals surface area contributed by atoms with Gasteiger partial charge in [0.2, 0.25) is 0 Å². The Hall–Kier alpha value is -0.750. The smallest absolute Gasteiger partial charge is 0.306 e. The summed E-state index contributed by atoms with van der Waals surface area (Å²) in [5.41, 5.74) is -0.0603. The molecule has 0 saturated heterocycles. The highest BCUT2D eigenvalue weighted by Gasteiger charge is 2.45. The van der Waals surface area contributed by atoms with E-state index in [-0.39, 0.29) is 11.4 Å². The van der Waals surface area contributed by atoms with E-state index in [0.29, 0.717) is 17.9 Å². The van der Waals surface area contributed by atoms with Gasteiger partial charge < -0.3 is 4.74 Å². The fourth-order valence-corrected chi connectivity index (χ4v) is 4.37. The lowest BCUT2D eigenvalue weighted by Crippen LogP contribution is -2.18. The van der Waals surface area contributed by atoms with Gasteiger partial charge in [0.25, 0.3) is 0 Å². The molecule has 94 valence electrons. The summed E-state index contributed by atoms with van der Waals surface area (Å²) in [6, 6.07) is 0. The van der Waals surface area contributed by atoms with Gasteiger partial charge in [0.1, 0.15) is 5.01 Å². The third-order valence-electron chi connectivity index (χ3n) is 2.94. The molecular weight excluding hydrogens is 258 g/mol. The summed E-state index contributed by atoms with van der Waals surface area (Å²) in [7, 11) is 0.459. The first-order chi connectivity index (χ1) is 8.13. The van der Waals surface area contributed by atoms with Gasteiger partial charge in [-0.15, -0.1) is 11.3 Å². The van der Waals surface area contributed by atoms with E-state index in [1.807, 2.05) is 5.38 Å². The summed E-state index contributed by atoms with van der Waals surface area (Å²) in [4.78, 5) is 15.4. The minimum atomic E-state index is -0.935. The molecule has 4 nitrogen and oxygen atoms in total. The molecule has 2 rings (SSSR count). The van der Waals surface area contributed by atoms with Gasteiger partial charge in [0.05, 0.1) is 19.3 Å². The van der Waals surface area contributed by atoms with Crippen LogP contribution < -0.4 is 0 Å². The molecule has 1 unspecified atom stereocenters. The SMILES string of the molecule is COC(=O)CC1(CS(=O)Cc2nccs2)CC1. The lowest BCUT2D eigenvalue weighted by Gasteiger charge is -2.12. The van der Waals surface area contributed by atoms with E-state index in [2.05, 4.69) is 9.72 Å². The maximum absolute atomic E-state index is 12.0. The Kier molecular flexibility index (Phi) is 3.93. The third-order valence-corrected chi connectivity index (χ3v) is 5.43. The highest BCUT2D eigenvalue weighted by atomic mass is 32.2. The van der Waals surface area contributed by atoms with Crippen molar-refractivity contribution in [1.29, 1.82) is 0 Å². The monoisotopic (exact) mass is 273 g/mol. The first kappa shape index (κ1) is 12.7. The Morgan fingerprint density at radius 1 is 1.65 bits per heavy atom. The van der Waals surface area contributed by atoms with Crippen LogP contribution in [0.25, 0.3) is 0 Å². The molecule has 0 aliphatic heterocycles. The number of thiazole rings is 1. The molecule has 1 aromatic heterocycles. The lowest BCUT2D eigenvalue weighted by atomic mass is 10.1. The predicted molar refractivity (Wildman–Crippen MR) is 67.1 cm³/mol. The van der Waals surface area contributed by atoms with Crippen LogP contribution in [0.2, 0.25) is 0 Å². The van der Waals surface area contributed by atoms with Crippen molar-refractivity contribution in [2.75, 3.05) is 12.9 Å². The van der Waals surface area contributed by atoms with Gasteiger partial charge in [-0.3, -0.25) is 9.00 Å². The summed E-state index contributed by atoms with van der Waals surface area (Å²) in [5.74, 6) is 0.885. The summed E-state index contributed by atoms with van der Waals surface area (Å²) in [6.45, 7) is 0. The quantitative estimate of drug-likeness (QED) is 0.741. The van der Waals surface area contributed by atoms with Gasteiger partial charge in [-0.05, 0) is 18.3 Å². The van der Waals surface area contributed by atoms with Crippen LogP contribution in [0.1, 0.15) is 24.3 Å². The molecule has 1 atom stereocenters. The number of aromatic nitrogens is 1. The molecule has 1 saturated carbocycles. The molecule has 0 aromatic carbocycles. The highest BCUT2D eigenvalue weighted by molar-refractivity contribution is 7.84. The second kappa shape index (κ2) is 5.27. The number of methoxy groups -OCH3 is 1. The van der Waals surface area contributed by atoms with E-state index in [1.54, 1.807) is 6.20 Å². The van der Waals surface area contributed by atoms with Crippen LogP contribution in [-0.4, -0.2) is 28.0 Å². The molecule has 1 aliphatic rings. The van der Waals surface area contributed by atoms with Crippen molar-refractivity contribution >= 4 is 28.1 Å². The summed E-state index contributed by atoms with van der Waals surface area (Å²) in [5, 5.41) is 2.78. The van der Waals surface area contributed by atoms with Crippen molar-refractivity contribution in [3.8, 4) is 0 Å². The molecular formula is C11H15NO3S2. The van der Waals surface area contributed by atoms with Crippen LogP contribution in [0.4, 0.5) is 0 Å². The van der Waals surface area contributed by atoms with Gasteiger partial charge in [-0.2, -0.15) is 0 Å². The van der Waals surface area contributed by atoms with Crippen molar-refractivity contribution in [3.05, 3.63) is 16.6 Å². The highest BCUT2D eigenvalue weighted by Crippen LogP contribution is 2.49. The number of carbonyl (C=O) groups excluding carboxylic acids is 1. The summed E-state index contributed by atoms with van der Waals surface area (Å²) in [6.07, 6.45) is 4.07. The van der Waals surface area contributed by atoms with Crippen molar-refractivity contribution in [2.24, 2.45) is 5.41 Å². The van der Waals surface area contributed by atoms with Gasteiger partial charge in [0, 0.05) is 28.1 Å². The fourth-order valence-electron chi connectivity index (χ4n) is 1.78. The molecule has 0 amide bonds. The Morgan fingerprint density at radius 3 is 2.94 bits per heavy atom. The molecule has 1 fully saturated rings. The average molecular weight is 273 g/mol. The van der Waals surface area contributed by atoms with Crippen LogP contribution in [-0.2, 0) is 26.1 Å². The molecule has 1 aromatic rings. The van der Waals surface area contributed by atoms with Crippen LogP contribution in [0.5, 0.6) is 0 Å². The zero-order chi connectivity index (χ0) is 12.3. The molecule has 1 aliphatic carbocycles. The van der Waals surface area contributed by atoms with Crippen molar-refractivity contribution in [3.63, 3.8) is 0 Å². The third kappa shape index (κ3) is 3.61. The van der Waals surface area contributed by atoms with E-state index in [4.69, 9.17) is 0 Å². The van der Waals surface area contributed by atoms with Crippen LogP contribution in [0.15, 0.2) is 11.6 Å². The van der Waals surface area contributed by atoms with Gasteiger partial charge >= 0.3 is 5.97 Å². The molecule has 0 bridgehead atoms. The Morgan fingerprint density at radius 2 is 2.41 bits per heavy atom. The number of nitrogens with zero attached hydrogens (tertiary/aromatic N) is 1. The fraction of sp³-hybridized carbons (Fsp3) is 0.636. The van der Waals surface area contributed by atoms with E-state index >= 15 is 0 Å². The van der Waals surface area contributed by atoms with Crippen LogP contribution in [0.3, 0.4) is 0 Å². The first-order valence-electron chi connectivity index (χ1n) is 5.44. The molecule has 6 heteroatoms. The standard InChI is InChI=1S/C11H15NO3S2/c1-15-10(13)6-11(2-3-11)8-17(14)7-9-12-4-5-16-9/h4-5H,2-3,6-8H2,1H3. The van der Waals surface area contributed by atoms with Crippen molar-refractivity contribution in [1.82, 2.24) is 4.98 Å². The molecule has 1 heterocycles. The van der Waals surface area contributed by atoms with Gasteiger partial charge in [-0.1, -0.05) is 0 Å². The predicted octanol–water partition coefficient (Wildman–Crippen LogP) is 1.74. The second-order valence-electron chi connectivity index (χ2n) is 4.41. The maximum atomic E-state index is 12.0. The number of esters is 1. The molecule has 17 heavy (non-hydrogen) atoms. The van der Waals surface area contributed by atoms with Gasteiger partial charge in [-0.25, -0.2) is 4.98 Å². The number of hydrogen-bond donors (Lipinski definition) is 0. The Bertz CT molecular complexity index is 412. The van der Waals surface area contributed by atoms with Crippen LogP contribution >= 0.6 is 11.3 Å². The van der Waals surface area contributed by atoms with E-state index in [9.17, 15) is 9.00 Å². The first-order valence-corrected chi connectivity index (χ1v) is 7.80. The van der Waals surface area contributed by atoms with Crippen LogP contribution in [0, 0.1) is 5.41 Å². The summed E-state index contributed by atoms with van der Waals surface area (Å²) < 4.78 is 16.6. The average Bonchev–Trinajstić information content (AvgIpc) is 2.83. The van der Waals surface area contributed by atoms with Gasteiger partial charge in [0.15, 0.2) is 0 Å². The van der Waals surface area contributed by atoms with E-state index in [1.165, 1.54) is 18.4 Å². The van der Waals surface area contributed by atoms with E-state index in [0.717, 1.165) is 17.8 Å². The lowest BCUT2D eigenvalue weighted by molar-refractivity contribution is -0.141. The van der Waals surface area contributed by atoms with E-state index < -0.39 is 10.8 Å². The number of ether oxygens (including phenoxy) is 1. The zero-order valence-electron chi connectivity index (χ0n) is 9.68. The molecule has 0 radical (unpaired) electrons. The maximum Gasteiger partial charge on any atom is 0.306 e. The molecule has 0 N–H and O–H groups in total. The number of rotatable bonds is 6. The van der Waals surface area contributed by atoms with Crippen molar-refractivity contribution < 1.29 is 13.7 Å². The Labute approximate surface area is 107 Å². The topological polar surface area (TPSA) is 56.3 Å². The zero-order valence-corrected chi connectivity index (χ0v) is 11.3. The largest absolute Gasteiger partial charge is 0.469 e. The minimum absolute atomic E-state index is 0.0603. The minimum Gasteiger partial charge on any atom is -0.469 e. The normalized spacial score (nSPS) is 18.6.